The first-order chi connectivity index (χ1) is 9.22. The Kier molecular flexibility index (Phi) is 4.53. The predicted molar refractivity (Wildman–Crippen MR) is 78.3 cm³/mol. The highest BCUT2D eigenvalue weighted by atomic mass is 16.3. The maximum atomic E-state index is 10.4. The molecule has 1 heterocycles. The van der Waals surface area contributed by atoms with Crippen molar-refractivity contribution in [1.29, 1.82) is 0 Å². The molecule has 0 fully saturated rings. The van der Waals surface area contributed by atoms with Gasteiger partial charge in [0.2, 0.25) is 0 Å². The third-order valence-corrected chi connectivity index (χ3v) is 3.09. The number of aliphatic hydroxyl groups is 1. The Labute approximate surface area is 114 Å². The van der Waals surface area contributed by atoms with Crippen molar-refractivity contribution in [3.05, 3.63) is 59.3 Å². The zero-order chi connectivity index (χ0) is 13.7. The Bertz CT molecular complexity index is 526. The van der Waals surface area contributed by atoms with Gasteiger partial charge in [0.1, 0.15) is 11.9 Å². The van der Waals surface area contributed by atoms with Gasteiger partial charge in [-0.25, -0.2) is 4.98 Å². The van der Waals surface area contributed by atoms with E-state index in [0.717, 1.165) is 35.6 Å². The van der Waals surface area contributed by atoms with Gasteiger partial charge in [0.25, 0.3) is 0 Å². The van der Waals surface area contributed by atoms with Gasteiger partial charge in [0, 0.05) is 17.8 Å². The summed E-state index contributed by atoms with van der Waals surface area (Å²) in [6.45, 7) is 4.96. The van der Waals surface area contributed by atoms with Crippen LogP contribution in [0, 0.1) is 6.92 Å². The van der Waals surface area contributed by atoms with Gasteiger partial charge in [0.05, 0.1) is 0 Å². The molecule has 1 atom stereocenters. The van der Waals surface area contributed by atoms with E-state index in [1.54, 1.807) is 0 Å². The molecule has 0 saturated carbocycles. The SMILES string of the molecule is CCCNc1ccc(C(O)c2ccccc2)c(C)n1. The van der Waals surface area contributed by atoms with Crippen molar-refractivity contribution in [2.24, 2.45) is 0 Å². The summed E-state index contributed by atoms with van der Waals surface area (Å²) in [6.07, 6.45) is 0.448. The number of hydrogen-bond donors (Lipinski definition) is 2. The van der Waals surface area contributed by atoms with E-state index in [1.165, 1.54) is 0 Å². The Hall–Kier alpha value is -1.87. The van der Waals surface area contributed by atoms with Crippen molar-refractivity contribution < 1.29 is 5.11 Å². The number of rotatable bonds is 5. The maximum absolute atomic E-state index is 10.4. The number of pyridine rings is 1. The van der Waals surface area contributed by atoms with E-state index >= 15 is 0 Å². The molecule has 0 aliphatic carbocycles. The van der Waals surface area contributed by atoms with Gasteiger partial charge in [-0.05, 0) is 25.0 Å². The van der Waals surface area contributed by atoms with E-state index in [1.807, 2.05) is 49.4 Å². The highest BCUT2D eigenvalue weighted by Gasteiger charge is 2.13. The number of hydrogen-bond acceptors (Lipinski definition) is 3. The predicted octanol–water partition coefficient (Wildman–Crippen LogP) is 3.29. The fraction of sp³-hybridized carbons (Fsp3) is 0.312. The van der Waals surface area contributed by atoms with Crippen LogP contribution >= 0.6 is 0 Å². The van der Waals surface area contributed by atoms with E-state index in [-0.39, 0.29) is 0 Å². The van der Waals surface area contributed by atoms with E-state index in [2.05, 4.69) is 17.2 Å². The molecular formula is C16H20N2O. The van der Waals surface area contributed by atoms with E-state index < -0.39 is 6.10 Å². The molecule has 2 aromatic rings. The molecule has 0 aliphatic heterocycles. The van der Waals surface area contributed by atoms with Gasteiger partial charge in [-0.15, -0.1) is 0 Å². The number of nitrogens with zero attached hydrogens (tertiary/aromatic N) is 1. The second-order valence-corrected chi connectivity index (χ2v) is 4.61. The average molecular weight is 256 g/mol. The normalized spacial score (nSPS) is 12.2. The molecule has 0 spiro atoms. The molecule has 3 heteroatoms. The van der Waals surface area contributed by atoms with Crippen molar-refractivity contribution in [2.45, 2.75) is 26.4 Å². The fourth-order valence-electron chi connectivity index (χ4n) is 2.03. The van der Waals surface area contributed by atoms with E-state index in [9.17, 15) is 5.11 Å². The molecule has 0 amide bonds. The number of aliphatic hydroxyl groups excluding tert-OH is 1. The summed E-state index contributed by atoms with van der Waals surface area (Å²) in [5.74, 6) is 0.864. The van der Waals surface area contributed by atoms with Gasteiger partial charge in [-0.3, -0.25) is 0 Å². The highest BCUT2D eigenvalue weighted by molar-refractivity contribution is 5.41. The summed E-state index contributed by atoms with van der Waals surface area (Å²) in [5.41, 5.74) is 2.60. The minimum absolute atomic E-state index is 0.617. The Morgan fingerprint density at radius 1 is 1.16 bits per heavy atom. The Balaban J connectivity index is 2.21. The Morgan fingerprint density at radius 2 is 1.89 bits per heavy atom. The lowest BCUT2D eigenvalue weighted by Crippen LogP contribution is -2.07. The number of aromatic nitrogens is 1. The van der Waals surface area contributed by atoms with Gasteiger partial charge < -0.3 is 10.4 Å². The molecule has 1 unspecified atom stereocenters. The molecule has 19 heavy (non-hydrogen) atoms. The molecule has 100 valence electrons. The minimum Gasteiger partial charge on any atom is -0.384 e. The third kappa shape index (κ3) is 3.32. The zero-order valence-corrected chi connectivity index (χ0v) is 11.4. The quantitative estimate of drug-likeness (QED) is 0.862. The molecule has 3 nitrogen and oxygen atoms in total. The minimum atomic E-state index is -0.617. The molecule has 2 rings (SSSR count). The second-order valence-electron chi connectivity index (χ2n) is 4.61. The molecule has 0 saturated heterocycles. The molecule has 1 aromatic heterocycles. The van der Waals surface area contributed by atoms with Gasteiger partial charge in [-0.2, -0.15) is 0 Å². The fourth-order valence-corrected chi connectivity index (χ4v) is 2.03. The van der Waals surface area contributed by atoms with Crippen LogP contribution in [-0.2, 0) is 0 Å². The third-order valence-electron chi connectivity index (χ3n) is 3.09. The van der Waals surface area contributed by atoms with Gasteiger partial charge in [-0.1, -0.05) is 43.3 Å². The standard InChI is InChI=1S/C16H20N2O/c1-3-11-17-15-10-9-14(12(2)18-15)16(19)13-7-5-4-6-8-13/h4-10,16,19H,3,11H2,1-2H3,(H,17,18). The maximum Gasteiger partial charge on any atom is 0.126 e. The number of anilines is 1. The van der Waals surface area contributed by atoms with Crippen LogP contribution < -0.4 is 5.32 Å². The van der Waals surface area contributed by atoms with E-state index in [0.29, 0.717) is 0 Å². The average Bonchev–Trinajstić information content (AvgIpc) is 2.45. The molecule has 0 bridgehead atoms. The lowest BCUT2D eigenvalue weighted by molar-refractivity contribution is 0.219. The number of nitrogens with one attached hydrogen (secondary N) is 1. The van der Waals surface area contributed by atoms with Crippen molar-refractivity contribution in [3.8, 4) is 0 Å². The summed E-state index contributed by atoms with van der Waals surface area (Å²) in [4.78, 5) is 4.49. The first-order valence-corrected chi connectivity index (χ1v) is 6.66. The summed E-state index contributed by atoms with van der Waals surface area (Å²) < 4.78 is 0. The van der Waals surface area contributed by atoms with Crippen LogP contribution in [0.3, 0.4) is 0 Å². The lowest BCUT2D eigenvalue weighted by atomic mass is 10.0. The van der Waals surface area contributed by atoms with Gasteiger partial charge in [0.15, 0.2) is 0 Å². The van der Waals surface area contributed by atoms with Crippen molar-refractivity contribution in [2.75, 3.05) is 11.9 Å². The topological polar surface area (TPSA) is 45.1 Å². The zero-order valence-electron chi connectivity index (χ0n) is 11.4. The number of benzene rings is 1. The van der Waals surface area contributed by atoms with Crippen molar-refractivity contribution >= 4 is 5.82 Å². The lowest BCUT2D eigenvalue weighted by Gasteiger charge is -2.15. The first kappa shape index (κ1) is 13.6. The largest absolute Gasteiger partial charge is 0.384 e. The van der Waals surface area contributed by atoms with Crippen molar-refractivity contribution in [3.63, 3.8) is 0 Å². The first-order valence-electron chi connectivity index (χ1n) is 6.66. The summed E-state index contributed by atoms with van der Waals surface area (Å²) >= 11 is 0. The number of aryl methyl sites for hydroxylation is 1. The highest BCUT2D eigenvalue weighted by Crippen LogP contribution is 2.24. The van der Waals surface area contributed by atoms with Crippen LogP contribution in [0.2, 0.25) is 0 Å². The molecule has 2 N–H and O–H groups in total. The summed E-state index contributed by atoms with van der Waals surface area (Å²) in [6, 6.07) is 13.5. The molecule has 1 aromatic carbocycles. The van der Waals surface area contributed by atoms with Gasteiger partial charge >= 0.3 is 0 Å². The summed E-state index contributed by atoms with van der Waals surface area (Å²) in [7, 11) is 0. The molecular weight excluding hydrogens is 236 g/mol. The van der Waals surface area contributed by atoms with Crippen molar-refractivity contribution in [1.82, 2.24) is 4.98 Å². The van der Waals surface area contributed by atoms with Crippen LogP contribution in [0.15, 0.2) is 42.5 Å². The molecule has 0 aliphatic rings. The summed E-state index contributed by atoms with van der Waals surface area (Å²) in [5, 5.41) is 13.6. The van der Waals surface area contributed by atoms with Crippen LogP contribution in [-0.4, -0.2) is 16.6 Å². The van der Waals surface area contributed by atoms with Crippen LogP contribution in [0.4, 0.5) is 5.82 Å². The molecule has 0 radical (unpaired) electrons. The van der Waals surface area contributed by atoms with E-state index in [4.69, 9.17) is 0 Å². The van der Waals surface area contributed by atoms with Crippen LogP contribution in [0.25, 0.3) is 0 Å². The Morgan fingerprint density at radius 3 is 2.53 bits per heavy atom. The van der Waals surface area contributed by atoms with Crippen LogP contribution in [0.1, 0.15) is 36.3 Å². The second kappa shape index (κ2) is 6.34. The van der Waals surface area contributed by atoms with Crippen LogP contribution in [0.5, 0.6) is 0 Å². The smallest absolute Gasteiger partial charge is 0.126 e. The monoisotopic (exact) mass is 256 g/mol.